The van der Waals surface area contributed by atoms with Crippen LogP contribution < -0.4 is 0 Å². The van der Waals surface area contributed by atoms with Gasteiger partial charge in [0.2, 0.25) is 0 Å². The molecule has 0 radical (unpaired) electrons. The Balaban J connectivity index is 1.72. The third-order valence-electron chi connectivity index (χ3n) is 4.47. The van der Waals surface area contributed by atoms with Gasteiger partial charge >= 0.3 is 0 Å². The van der Waals surface area contributed by atoms with Crippen LogP contribution in [0, 0.1) is 25.5 Å². The largest absolute Gasteiger partial charge is 0.373 e. The molecule has 0 aliphatic carbocycles. The summed E-state index contributed by atoms with van der Waals surface area (Å²) in [6.07, 6.45) is 1.68. The van der Waals surface area contributed by atoms with Gasteiger partial charge in [-0.05, 0) is 43.4 Å². The summed E-state index contributed by atoms with van der Waals surface area (Å²) >= 11 is 0. The maximum absolute atomic E-state index is 14.1. The molecule has 0 aromatic heterocycles. The molecule has 0 saturated carbocycles. The van der Waals surface area contributed by atoms with E-state index in [4.69, 9.17) is 4.74 Å². The van der Waals surface area contributed by atoms with E-state index in [1.807, 2.05) is 0 Å². The van der Waals surface area contributed by atoms with Gasteiger partial charge in [0.1, 0.15) is 0 Å². The van der Waals surface area contributed by atoms with Crippen molar-refractivity contribution in [3.05, 3.63) is 70.3 Å². The molecule has 2 atom stereocenters. The van der Waals surface area contributed by atoms with Gasteiger partial charge in [-0.1, -0.05) is 42.0 Å². The summed E-state index contributed by atoms with van der Waals surface area (Å²) < 4.78 is 33.7. The van der Waals surface area contributed by atoms with Gasteiger partial charge in [-0.3, -0.25) is 0 Å². The lowest BCUT2D eigenvalue weighted by atomic mass is 9.88. The highest BCUT2D eigenvalue weighted by molar-refractivity contribution is 5.29. The second kappa shape index (κ2) is 6.17. The monoisotopic (exact) mass is 302 g/mol. The zero-order chi connectivity index (χ0) is 15.7. The molecule has 2 aromatic rings. The van der Waals surface area contributed by atoms with Crippen LogP contribution in [0.15, 0.2) is 36.4 Å². The van der Waals surface area contributed by atoms with Crippen LogP contribution in [0.5, 0.6) is 0 Å². The molecule has 0 N–H and O–H groups in total. The van der Waals surface area contributed by atoms with E-state index < -0.39 is 11.6 Å². The second-order valence-corrected chi connectivity index (χ2v) is 6.11. The number of aryl methyl sites for hydroxylation is 2. The van der Waals surface area contributed by atoms with Crippen molar-refractivity contribution in [3.8, 4) is 0 Å². The summed E-state index contributed by atoms with van der Waals surface area (Å²) in [5.74, 6) is -1.53. The van der Waals surface area contributed by atoms with Crippen molar-refractivity contribution >= 4 is 0 Å². The molecule has 1 aliphatic heterocycles. The lowest BCUT2D eigenvalue weighted by Crippen LogP contribution is -2.20. The van der Waals surface area contributed by atoms with Crippen molar-refractivity contribution in [2.24, 2.45) is 0 Å². The number of halogens is 2. The van der Waals surface area contributed by atoms with Crippen LogP contribution in [0.3, 0.4) is 0 Å². The van der Waals surface area contributed by atoms with Gasteiger partial charge in [-0.15, -0.1) is 0 Å². The minimum Gasteiger partial charge on any atom is -0.373 e. The van der Waals surface area contributed by atoms with Crippen LogP contribution >= 0.6 is 0 Å². The average molecular weight is 302 g/mol. The zero-order valence-electron chi connectivity index (χ0n) is 12.9. The highest BCUT2D eigenvalue weighted by atomic mass is 19.2. The number of ether oxygens (including phenoxy) is 1. The first kappa shape index (κ1) is 15.2. The molecule has 1 fully saturated rings. The van der Waals surface area contributed by atoms with Gasteiger partial charge in [0.05, 0.1) is 12.7 Å². The molecule has 22 heavy (non-hydrogen) atoms. The van der Waals surface area contributed by atoms with Crippen molar-refractivity contribution in [3.63, 3.8) is 0 Å². The quantitative estimate of drug-likeness (QED) is 0.739. The van der Waals surface area contributed by atoms with Crippen LogP contribution in [0.1, 0.15) is 47.1 Å². The van der Waals surface area contributed by atoms with Crippen LogP contribution in [0.25, 0.3) is 0 Å². The Morgan fingerprint density at radius 3 is 2.27 bits per heavy atom. The van der Waals surface area contributed by atoms with Crippen LogP contribution in [-0.4, -0.2) is 6.61 Å². The normalized spacial score (nSPS) is 21.8. The van der Waals surface area contributed by atoms with E-state index in [0.717, 1.165) is 18.4 Å². The minimum atomic E-state index is -0.738. The third-order valence-corrected chi connectivity index (χ3v) is 4.47. The van der Waals surface area contributed by atoms with Gasteiger partial charge in [-0.25, -0.2) is 8.78 Å². The zero-order valence-corrected chi connectivity index (χ0v) is 12.9. The highest BCUT2D eigenvalue weighted by Crippen LogP contribution is 2.36. The van der Waals surface area contributed by atoms with Gasteiger partial charge in [0.25, 0.3) is 0 Å². The van der Waals surface area contributed by atoms with Gasteiger partial charge in [-0.2, -0.15) is 0 Å². The Labute approximate surface area is 129 Å². The summed E-state index contributed by atoms with van der Waals surface area (Å²) in [4.78, 5) is 0. The van der Waals surface area contributed by atoms with Crippen LogP contribution in [0.4, 0.5) is 8.78 Å². The second-order valence-electron chi connectivity index (χ2n) is 6.11. The number of benzene rings is 2. The van der Waals surface area contributed by atoms with E-state index >= 15 is 0 Å². The molecule has 0 bridgehead atoms. The maximum atomic E-state index is 14.1. The topological polar surface area (TPSA) is 9.23 Å². The van der Waals surface area contributed by atoms with E-state index in [1.165, 1.54) is 5.56 Å². The maximum Gasteiger partial charge on any atom is 0.162 e. The molecule has 3 heteroatoms. The summed E-state index contributed by atoms with van der Waals surface area (Å²) in [7, 11) is 0. The number of hydrogen-bond donors (Lipinski definition) is 0. The SMILES string of the molecule is Cc1ccc(C2CCC(c3ccc(C)c(F)c3F)CO2)cc1. The third kappa shape index (κ3) is 2.91. The Hall–Kier alpha value is -1.74. The molecular formula is C19H20F2O. The van der Waals surface area contributed by atoms with Crippen molar-refractivity contribution in [1.82, 2.24) is 0 Å². The number of rotatable bonds is 2. The molecule has 0 spiro atoms. The van der Waals surface area contributed by atoms with Crippen LogP contribution in [-0.2, 0) is 4.74 Å². The Morgan fingerprint density at radius 2 is 1.64 bits per heavy atom. The molecular weight excluding hydrogens is 282 g/mol. The molecule has 116 valence electrons. The number of hydrogen-bond acceptors (Lipinski definition) is 1. The molecule has 0 amide bonds. The first-order valence-corrected chi connectivity index (χ1v) is 7.69. The Morgan fingerprint density at radius 1 is 0.909 bits per heavy atom. The van der Waals surface area contributed by atoms with Crippen molar-refractivity contribution in [1.29, 1.82) is 0 Å². The van der Waals surface area contributed by atoms with E-state index in [1.54, 1.807) is 19.1 Å². The van der Waals surface area contributed by atoms with E-state index in [2.05, 4.69) is 31.2 Å². The standard InChI is InChI=1S/C19H20F2O/c1-12-3-6-14(7-4-12)17-10-8-15(11-22-17)16-9-5-13(2)18(20)19(16)21/h3-7,9,15,17H,8,10-11H2,1-2H3. The molecule has 3 rings (SSSR count). The lowest BCUT2D eigenvalue weighted by molar-refractivity contribution is 0.00162. The first-order chi connectivity index (χ1) is 10.6. The molecule has 1 nitrogen and oxygen atoms in total. The predicted molar refractivity (Wildman–Crippen MR) is 82.9 cm³/mol. The first-order valence-electron chi connectivity index (χ1n) is 7.69. The van der Waals surface area contributed by atoms with Crippen molar-refractivity contribution < 1.29 is 13.5 Å². The van der Waals surface area contributed by atoms with Gasteiger partial charge in [0, 0.05) is 5.92 Å². The fourth-order valence-corrected chi connectivity index (χ4v) is 3.02. The summed E-state index contributed by atoms with van der Waals surface area (Å²) in [6.45, 7) is 4.06. The molecule has 1 aliphatic rings. The average Bonchev–Trinajstić information content (AvgIpc) is 2.54. The predicted octanol–water partition coefficient (Wildman–Crippen LogP) is 5.22. The van der Waals surface area contributed by atoms with Gasteiger partial charge in [0.15, 0.2) is 11.6 Å². The Kier molecular flexibility index (Phi) is 4.25. The fourth-order valence-electron chi connectivity index (χ4n) is 3.02. The molecule has 1 heterocycles. The summed E-state index contributed by atoms with van der Waals surface area (Å²) in [5, 5.41) is 0. The van der Waals surface area contributed by atoms with Crippen molar-refractivity contribution in [2.45, 2.75) is 38.7 Å². The molecule has 2 aromatic carbocycles. The lowest BCUT2D eigenvalue weighted by Gasteiger charge is -2.30. The summed E-state index contributed by atoms with van der Waals surface area (Å²) in [6, 6.07) is 11.6. The van der Waals surface area contributed by atoms with E-state index in [-0.39, 0.29) is 12.0 Å². The summed E-state index contributed by atoms with van der Waals surface area (Å²) in [5.41, 5.74) is 3.15. The van der Waals surface area contributed by atoms with Crippen molar-refractivity contribution in [2.75, 3.05) is 6.61 Å². The molecule has 2 unspecified atom stereocenters. The molecule has 1 saturated heterocycles. The Bertz CT molecular complexity index is 656. The van der Waals surface area contributed by atoms with Gasteiger partial charge < -0.3 is 4.74 Å². The van der Waals surface area contributed by atoms with E-state index in [0.29, 0.717) is 17.7 Å². The smallest absolute Gasteiger partial charge is 0.162 e. The van der Waals surface area contributed by atoms with Crippen LogP contribution in [0.2, 0.25) is 0 Å². The highest BCUT2D eigenvalue weighted by Gasteiger charge is 2.27. The fraction of sp³-hybridized carbons (Fsp3) is 0.368. The van der Waals surface area contributed by atoms with E-state index in [9.17, 15) is 8.78 Å². The minimum absolute atomic E-state index is 0.0511.